The van der Waals surface area contributed by atoms with E-state index in [0.29, 0.717) is 12.0 Å². The van der Waals surface area contributed by atoms with Crippen molar-refractivity contribution in [3.63, 3.8) is 0 Å². The second kappa shape index (κ2) is 19.7. The Balaban J connectivity index is 1.41. The van der Waals surface area contributed by atoms with Gasteiger partial charge in [0, 0.05) is 58.3 Å². The van der Waals surface area contributed by atoms with Crippen molar-refractivity contribution in [2.75, 3.05) is 32.1 Å². The molecule has 0 radical (unpaired) electrons. The number of piperidine rings is 1. The molecule has 7 unspecified atom stereocenters. The maximum absolute atomic E-state index is 14.7. The average molecular weight is 853 g/mol. The summed E-state index contributed by atoms with van der Waals surface area (Å²) < 4.78 is 5.83. The Morgan fingerprint density at radius 3 is 2.18 bits per heavy atom. The molecule has 6 rings (SSSR count). The normalized spacial score (nSPS) is 25.5. The number of carbonyl (C=O) groups excluding carboxylic acids is 8. The van der Waals surface area contributed by atoms with Crippen molar-refractivity contribution in [2.24, 2.45) is 0 Å². The van der Waals surface area contributed by atoms with E-state index in [9.17, 15) is 43.5 Å². The number of carbonyl (C=O) groups is 8. The van der Waals surface area contributed by atoms with Crippen LogP contribution < -0.4 is 26.2 Å². The van der Waals surface area contributed by atoms with Gasteiger partial charge in [-0.05, 0) is 61.6 Å². The molecule has 3 aromatic rings. The minimum atomic E-state index is -1.68. The molecule has 62 heavy (non-hydrogen) atoms. The average Bonchev–Trinajstić information content (AvgIpc) is 3.76. The number of nitrogens with zero attached hydrogens (tertiary/aromatic N) is 4. The maximum Gasteiger partial charge on any atom is 0.333 e. The summed E-state index contributed by atoms with van der Waals surface area (Å²) in [7, 11) is 3.76. The first-order valence-corrected chi connectivity index (χ1v) is 20.7. The molecule has 4 heterocycles. The van der Waals surface area contributed by atoms with Crippen LogP contribution in [-0.2, 0) is 44.7 Å². The van der Waals surface area contributed by atoms with Gasteiger partial charge in [0.05, 0.1) is 0 Å². The summed E-state index contributed by atoms with van der Waals surface area (Å²) in [4.78, 5) is 121. The third-order valence-electron chi connectivity index (χ3n) is 11.4. The lowest BCUT2D eigenvalue weighted by atomic mass is 9.96. The van der Waals surface area contributed by atoms with E-state index in [1.165, 1.54) is 35.1 Å². The van der Waals surface area contributed by atoms with Crippen molar-refractivity contribution >= 4 is 52.9 Å². The number of anilines is 1. The molecule has 3 saturated heterocycles. The summed E-state index contributed by atoms with van der Waals surface area (Å²) in [5, 5.41) is 21.0. The molecule has 3 aliphatic rings. The van der Waals surface area contributed by atoms with Crippen LogP contribution in [0.1, 0.15) is 73.6 Å². The molecule has 3 aliphatic heterocycles. The monoisotopic (exact) mass is 852 g/mol. The van der Waals surface area contributed by atoms with Crippen molar-refractivity contribution in [3.05, 3.63) is 89.7 Å². The quantitative estimate of drug-likeness (QED) is 0.209. The maximum atomic E-state index is 14.7. The van der Waals surface area contributed by atoms with Crippen molar-refractivity contribution in [1.82, 2.24) is 36.1 Å². The predicted molar refractivity (Wildman–Crippen MR) is 223 cm³/mol. The third kappa shape index (κ3) is 10.2. The van der Waals surface area contributed by atoms with Gasteiger partial charge in [-0.25, -0.2) is 9.78 Å². The number of nitrogens with one attached hydrogen (secondary N) is 4. The Morgan fingerprint density at radius 1 is 0.839 bits per heavy atom. The number of amides is 6. The Morgan fingerprint density at radius 2 is 1.50 bits per heavy atom. The number of hydrogen-bond donors (Lipinski definition) is 5. The Labute approximate surface area is 358 Å². The smallest absolute Gasteiger partial charge is 0.333 e. The zero-order valence-corrected chi connectivity index (χ0v) is 35.0. The number of rotatable bonds is 7. The topological polar surface area (TPSA) is 237 Å². The number of benzene rings is 2. The van der Waals surface area contributed by atoms with Gasteiger partial charge in [-0.1, -0.05) is 49.4 Å². The molecule has 18 heteroatoms. The summed E-state index contributed by atoms with van der Waals surface area (Å²) in [6.45, 7) is 2.99. The molecule has 3 fully saturated rings. The zero-order chi connectivity index (χ0) is 44.7. The summed E-state index contributed by atoms with van der Waals surface area (Å²) in [6.07, 6.45) is 0.121. The molecular weight excluding hydrogens is 801 g/mol. The van der Waals surface area contributed by atoms with E-state index in [2.05, 4.69) is 26.3 Å². The number of fused-ring (bicyclic) bond motifs is 2. The Kier molecular flexibility index (Phi) is 14.2. The van der Waals surface area contributed by atoms with Crippen LogP contribution in [0.5, 0.6) is 5.75 Å². The number of aromatic nitrogens is 1. The SMILES string of the molecule is CCC1NC(=O)C(NC(=O)c2ncccc2O)C(C)OC(=O)C(c2ccccc2)NC(=O)C2CC(=O)CCN2C(=O)C(Cc2ccc(N(C)C)cc2)NC(=O)C2CCCN2C1=O. The summed E-state index contributed by atoms with van der Waals surface area (Å²) in [6, 6.07) is 9.91. The van der Waals surface area contributed by atoms with E-state index in [1.54, 1.807) is 37.3 Å². The number of hydrogen-bond acceptors (Lipinski definition) is 12. The fraction of sp³-hybridized carbons (Fsp3) is 0.432. The number of cyclic esters (lactones) is 1. The largest absolute Gasteiger partial charge is 0.505 e. The standard InChI is InChI=1S/C44H52N8O10/c1-5-30-42(59)51-21-10-13-32(51)38(55)47-31(23-26-15-17-28(18-16-26)50(3)4)43(60)52-22-19-29(53)24-33(52)39(56)49-36(27-11-7-6-8-12-27)44(61)62-25(2)35(40(57)46-30)48-41(58)37-34(54)14-9-20-45-37/h6-9,11-12,14-18,20,25,30-33,35-36,54H,5,10,13,19,21-24H2,1-4H3,(H,46,57)(H,47,55)(H,48,58)(H,49,56). The molecule has 328 valence electrons. The first-order chi connectivity index (χ1) is 29.7. The van der Waals surface area contributed by atoms with Crippen LogP contribution in [0.4, 0.5) is 5.69 Å². The molecule has 6 amide bonds. The molecule has 0 saturated carbocycles. The van der Waals surface area contributed by atoms with Crippen molar-refractivity contribution in [2.45, 2.75) is 94.7 Å². The number of ether oxygens (including phenoxy) is 1. The zero-order valence-electron chi connectivity index (χ0n) is 35.0. The molecule has 5 N–H and O–H groups in total. The fourth-order valence-corrected chi connectivity index (χ4v) is 7.92. The van der Waals surface area contributed by atoms with Crippen molar-refractivity contribution in [1.29, 1.82) is 0 Å². The highest BCUT2D eigenvalue weighted by Crippen LogP contribution is 2.25. The van der Waals surface area contributed by atoms with E-state index in [4.69, 9.17) is 4.74 Å². The minimum absolute atomic E-state index is 0.00557. The second-order valence-corrected chi connectivity index (χ2v) is 15.8. The number of Topliss-reactive ketones (excluding diaryl/α,β-unsaturated/α-hetero) is 1. The number of esters is 1. The van der Waals surface area contributed by atoms with Gasteiger partial charge in [0.25, 0.3) is 5.91 Å². The Bertz CT molecular complexity index is 2180. The van der Waals surface area contributed by atoms with Crippen LogP contribution in [0.15, 0.2) is 72.9 Å². The summed E-state index contributed by atoms with van der Waals surface area (Å²) in [5.41, 5.74) is 1.42. The van der Waals surface area contributed by atoms with Crippen LogP contribution in [0.25, 0.3) is 0 Å². The molecule has 0 bridgehead atoms. The van der Waals surface area contributed by atoms with Gasteiger partial charge >= 0.3 is 5.97 Å². The highest BCUT2D eigenvalue weighted by molar-refractivity contribution is 6.01. The lowest BCUT2D eigenvalue weighted by Crippen LogP contribution is -2.61. The van der Waals surface area contributed by atoms with Gasteiger partial charge in [-0.3, -0.25) is 33.6 Å². The van der Waals surface area contributed by atoms with E-state index in [-0.39, 0.29) is 56.5 Å². The molecule has 18 nitrogen and oxygen atoms in total. The minimum Gasteiger partial charge on any atom is -0.505 e. The summed E-state index contributed by atoms with van der Waals surface area (Å²) in [5.74, 6) is -6.48. The molecule has 7 atom stereocenters. The van der Waals surface area contributed by atoms with Gasteiger partial charge < -0.3 is 45.8 Å². The van der Waals surface area contributed by atoms with Crippen molar-refractivity contribution < 1.29 is 48.2 Å². The number of ketones is 1. The van der Waals surface area contributed by atoms with E-state index >= 15 is 0 Å². The van der Waals surface area contributed by atoms with Crippen LogP contribution in [0.2, 0.25) is 0 Å². The van der Waals surface area contributed by atoms with Gasteiger partial charge in [0.1, 0.15) is 47.8 Å². The Hall–Kier alpha value is -6.85. The molecule has 0 aliphatic carbocycles. The van der Waals surface area contributed by atoms with Gasteiger partial charge in [0.15, 0.2) is 11.7 Å². The highest BCUT2D eigenvalue weighted by Gasteiger charge is 2.44. The highest BCUT2D eigenvalue weighted by atomic mass is 16.5. The molecule has 0 spiro atoms. The third-order valence-corrected chi connectivity index (χ3v) is 11.4. The van der Waals surface area contributed by atoms with Gasteiger partial charge in [-0.15, -0.1) is 0 Å². The van der Waals surface area contributed by atoms with Crippen LogP contribution in [-0.4, -0.2) is 131 Å². The lowest BCUT2D eigenvalue weighted by molar-refractivity contribution is -0.156. The van der Waals surface area contributed by atoms with Gasteiger partial charge in [0.2, 0.25) is 29.5 Å². The van der Waals surface area contributed by atoms with Gasteiger partial charge in [-0.2, -0.15) is 0 Å². The lowest BCUT2D eigenvalue weighted by Gasteiger charge is -2.37. The molecule has 1 aromatic heterocycles. The number of aromatic hydroxyl groups is 1. The summed E-state index contributed by atoms with van der Waals surface area (Å²) >= 11 is 0. The number of pyridine rings is 1. The molecule has 2 aromatic carbocycles. The van der Waals surface area contributed by atoms with E-state index in [0.717, 1.165) is 5.69 Å². The van der Waals surface area contributed by atoms with E-state index in [1.807, 2.05) is 43.3 Å². The van der Waals surface area contributed by atoms with Crippen LogP contribution in [0, 0.1) is 0 Å². The second-order valence-electron chi connectivity index (χ2n) is 15.8. The first-order valence-electron chi connectivity index (χ1n) is 20.7. The fourth-order valence-electron chi connectivity index (χ4n) is 7.92. The predicted octanol–water partition coefficient (Wildman–Crippen LogP) is 0.928. The first kappa shape index (κ1) is 44.7. The van der Waals surface area contributed by atoms with E-state index < -0.39 is 95.2 Å². The van der Waals surface area contributed by atoms with Crippen LogP contribution >= 0.6 is 0 Å². The van der Waals surface area contributed by atoms with Crippen LogP contribution in [0.3, 0.4) is 0 Å². The molecular formula is C44H52N8O10. The van der Waals surface area contributed by atoms with Crippen molar-refractivity contribution in [3.8, 4) is 5.75 Å².